The number of nitrogen functional groups attached to an aromatic ring is 1. The van der Waals surface area contributed by atoms with Crippen LogP contribution in [0.5, 0.6) is 0 Å². The Bertz CT molecular complexity index is 616. The van der Waals surface area contributed by atoms with Crippen molar-refractivity contribution < 1.29 is 14.9 Å². The topological polar surface area (TPSA) is 111 Å². The summed E-state index contributed by atoms with van der Waals surface area (Å²) in [6.07, 6.45) is -1.81. The Labute approximate surface area is 116 Å². The van der Waals surface area contributed by atoms with Crippen LogP contribution in [0.1, 0.15) is 32.1 Å². The number of aliphatic hydroxyl groups excluding tert-OH is 2. The highest BCUT2D eigenvalue weighted by Crippen LogP contribution is 2.28. The average Bonchev–Trinajstić information content (AvgIpc) is 2.66. The number of ether oxygens (including phenoxy) is 1. The molecule has 0 amide bonds. The van der Waals surface area contributed by atoms with Gasteiger partial charge in [-0.05, 0) is 6.92 Å². The van der Waals surface area contributed by atoms with Crippen LogP contribution in [0, 0.1) is 11.8 Å². The Morgan fingerprint density at radius 1 is 1.50 bits per heavy atom. The normalized spacial score (nSPS) is 29.0. The van der Waals surface area contributed by atoms with E-state index in [2.05, 4.69) is 16.8 Å². The molecule has 0 saturated carbocycles. The number of anilines is 1. The van der Waals surface area contributed by atoms with Crippen LogP contribution >= 0.6 is 0 Å². The van der Waals surface area contributed by atoms with E-state index in [0.717, 1.165) is 4.57 Å². The van der Waals surface area contributed by atoms with Crippen LogP contribution in [0.15, 0.2) is 11.0 Å². The molecule has 1 aliphatic heterocycles. The summed E-state index contributed by atoms with van der Waals surface area (Å²) in [7, 11) is 0. The molecule has 4 N–H and O–H groups in total. The SMILES string of the molecule is CCC#Cc1cn([C@@H]2O[C@H](C)C(O)C2O)c(=O)nc1N. The molecule has 0 radical (unpaired) electrons. The van der Waals surface area contributed by atoms with E-state index in [0.29, 0.717) is 12.0 Å². The van der Waals surface area contributed by atoms with Crippen molar-refractivity contribution in [2.75, 3.05) is 5.73 Å². The molecule has 2 unspecified atom stereocenters. The average molecular weight is 279 g/mol. The monoisotopic (exact) mass is 279 g/mol. The van der Waals surface area contributed by atoms with Crippen molar-refractivity contribution in [3.8, 4) is 11.8 Å². The second kappa shape index (κ2) is 5.63. The molecule has 2 heterocycles. The molecule has 0 aliphatic carbocycles. The first kappa shape index (κ1) is 14.5. The van der Waals surface area contributed by atoms with E-state index >= 15 is 0 Å². The Morgan fingerprint density at radius 2 is 2.20 bits per heavy atom. The molecule has 20 heavy (non-hydrogen) atoms. The highest BCUT2D eigenvalue weighted by Gasteiger charge is 2.41. The molecular weight excluding hydrogens is 262 g/mol. The van der Waals surface area contributed by atoms with E-state index in [4.69, 9.17) is 10.5 Å². The lowest BCUT2D eigenvalue weighted by Gasteiger charge is -2.17. The third-order valence-corrected chi connectivity index (χ3v) is 3.13. The van der Waals surface area contributed by atoms with E-state index in [9.17, 15) is 15.0 Å². The van der Waals surface area contributed by atoms with E-state index in [1.165, 1.54) is 6.20 Å². The summed E-state index contributed by atoms with van der Waals surface area (Å²) in [5, 5.41) is 19.6. The zero-order chi connectivity index (χ0) is 14.9. The minimum Gasteiger partial charge on any atom is -0.388 e. The second-order valence-electron chi connectivity index (χ2n) is 4.60. The van der Waals surface area contributed by atoms with Gasteiger partial charge in [-0.3, -0.25) is 4.57 Å². The number of hydrogen-bond acceptors (Lipinski definition) is 6. The van der Waals surface area contributed by atoms with Gasteiger partial charge < -0.3 is 20.7 Å². The van der Waals surface area contributed by atoms with Crippen molar-refractivity contribution >= 4 is 5.82 Å². The molecule has 2 rings (SSSR count). The molecule has 1 aromatic rings. The molecule has 0 bridgehead atoms. The van der Waals surface area contributed by atoms with Crippen LogP contribution < -0.4 is 11.4 Å². The van der Waals surface area contributed by atoms with Crippen LogP contribution in [-0.4, -0.2) is 38.1 Å². The molecule has 108 valence electrons. The van der Waals surface area contributed by atoms with E-state index < -0.39 is 30.2 Å². The van der Waals surface area contributed by atoms with Gasteiger partial charge in [0.1, 0.15) is 18.0 Å². The maximum absolute atomic E-state index is 11.9. The zero-order valence-corrected chi connectivity index (χ0v) is 11.3. The predicted octanol–water partition coefficient (Wildman–Crippen LogP) is -0.774. The van der Waals surface area contributed by atoms with Gasteiger partial charge in [-0.2, -0.15) is 4.98 Å². The smallest absolute Gasteiger partial charge is 0.351 e. The van der Waals surface area contributed by atoms with Crippen molar-refractivity contribution in [2.45, 2.75) is 44.8 Å². The van der Waals surface area contributed by atoms with Gasteiger partial charge in [-0.15, -0.1) is 0 Å². The zero-order valence-electron chi connectivity index (χ0n) is 11.3. The standard InChI is InChI=1S/C13H17N3O4/c1-3-4-5-8-6-16(13(19)15-11(8)14)12-10(18)9(17)7(2)20-12/h6-7,9-10,12,17-18H,3H2,1-2H3,(H2,14,15,19)/t7-,9?,10?,12-/m1/s1. The maximum Gasteiger partial charge on any atom is 0.351 e. The lowest BCUT2D eigenvalue weighted by molar-refractivity contribution is -0.0350. The first-order valence-corrected chi connectivity index (χ1v) is 6.34. The summed E-state index contributed by atoms with van der Waals surface area (Å²) in [5.41, 5.74) is 5.37. The Kier molecular flexibility index (Phi) is 4.09. The Morgan fingerprint density at radius 3 is 2.75 bits per heavy atom. The predicted molar refractivity (Wildman–Crippen MR) is 71.7 cm³/mol. The molecule has 7 nitrogen and oxygen atoms in total. The van der Waals surface area contributed by atoms with Crippen molar-refractivity contribution in [3.63, 3.8) is 0 Å². The lowest BCUT2D eigenvalue weighted by atomic mass is 10.1. The summed E-state index contributed by atoms with van der Waals surface area (Å²) in [4.78, 5) is 15.5. The fourth-order valence-electron chi connectivity index (χ4n) is 2.00. The molecule has 1 fully saturated rings. The molecule has 0 spiro atoms. The molecule has 7 heteroatoms. The van der Waals surface area contributed by atoms with Gasteiger partial charge in [0.25, 0.3) is 0 Å². The molecule has 4 atom stereocenters. The summed E-state index contributed by atoms with van der Waals surface area (Å²) < 4.78 is 6.49. The first-order valence-electron chi connectivity index (χ1n) is 6.34. The van der Waals surface area contributed by atoms with Gasteiger partial charge in [0, 0.05) is 12.6 Å². The van der Waals surface area contributed by atoms with Crippen LogP contribution in [0.4, 0.5) is 5.82 Å². The summed E-state index contributed by atoms with van der Waals surface area (Å²) >= 11 is 0. The molecular formula is C13H17N3O4. The fraction of sp³-hybridized carbons (Fsp3) is 0.538. The number of aromatic nitrogens is 2. The van der Waals surface area contributed by atoms with Crippen molar-refractivity contribution in [1.29, 1.82) is 0 Å². The van der Waals surface area contributed by atoms with Gasteiger partial charge in [0.15, 0.2) is 6.23 Å². The van der Waals surface area contributed by atoms with Crippen LogP contribution in [0.25, 0.3) is 0 Å². The van der Waals surface area contributed by atoms with Gasteiger partial charge in [0.05, 0.1) is 11.7 Å². The van der Waals surface area contributed by atoms with Crippen molar-refractivity contribution in [3.05, 3.63) is 22.2 Å². The fourth-order valence-corrected chi connectivity index (χ4v) is 2.00. The largest absolute Gasteiger partial charge is 0.388 e. The van der Waals surface area contributed by atoms with E-state index in [1.54, 1.807) is 6.92 Å². The van der Waals surface area contributed by atoms with Crippen LogP contribution in [0.2, 0.25) is 0 Å². The van der Waals surface area contributed by atoms with Gasteiger partial charge in [-0.1, -0.05) is 18.8 Å². The summed E-state index contributed by atoms with van der Waals surface area (Å²) in [5.74, 6) is 5.66. The first-order chi connectivity index (χ1) is 9.45. The quantitative estimate of drug-likeness (QED) is 0.582. The van der Waals surface area contributed by atoms with Gasteiger partial charge in [-0.25, -0.2) is 4.79 Å². The Hall–Kier alpha value is -1.88. The maximum atomic E-state index is 11.9. The number of hydrogen-bond donors (Lipinski definition) is 3. The minimum atomic E-state index is -1.21. The number of nitrogens with two attached hydrogens (primary N) is 1. The van der Waals surface area contributed by atoms with Crippen molar-refractivity contribution in [2.24, 2.45) is 0 Å². The number of aliphatic hydroxyl groups is 2. The highest BCUT2D eigenvalue weighted by atomic mass is 16.6. The number of nitrogens with zero attached hydrogens (tertiary/aromatic N) is 2. The second-order valence-corrected chi connectivity index (χ2v) is 4.60. The van der Waals surface area contributed by atoms with Gasteiger partial charge in [0.2, 0.25) is 0 Å². The van der Waals surface area contributed by atoms with E-state index in [-0.39, 0.29) is 5.82 Å². The molecule has 0 aromatic carbocycles. The third kappa shape index (κ3) is 2.54. The molecule has 1 aliphatic rings. The summed E-state index contributed by atoms with van der Waals surface area (Å²) in [6.45, 7) is 3.50. The van der Waals surface area contributed by atoms with Gasteiger partial charge >= 0.3 is 5.69 Å². The lowest BCUT2D eigenvalue weighted by Crippen LogP contribution is -2.35. The molecule has 1 saturated heterocycles. The summed E-state index contributed by atoms with van der Waals surface area (Å²) in [6, 6.07) is 0. The third-order valence-electron chi connectivity index (χ3n) is 3.13. The minimum absolute atomic E-state index is 0.0354. The van der Waals surface area contributed by atoms with Crippen LogP contribution in [-0.2, 0) is 4.74 Å². The van der Waals surface area contributed by atoms with E-state index in [1.807, 2.05) is 6.92 Å². The Balaban J connectivity index is 2.45. The highest BCUT2D eigenvalue weighted by molar-refractivity contribution is 5.48. The van der Waals surface area contributed by atoms with Crippen molar-refractivity contribution in [1.82, 2.24) is 9.55 Å². The number of rotatable bonds is 1. The molecule has 1 aromatic heterocycles. The van der Waals surface area contributed by atoms with Crippen LogP contribution in [0.3, 0.4) is 0 Å².